The lowest BCUT2D eigenvalue weighted by molar-refractivity contribution is 0.0155. The van der Waals surface area contributed by atoms with Gasteiger partial charge in [-0.25, -0.2) is 4.79 Å². The van der Waals surface area contributed by atoms with Gasteiger partial charge in [0.25, 0.3) is 0 Å². The molecule has 0 aromatic heterocycles. The second kappa shape index (κ2) is 7.37. The monoisotopic (exact) mass is 268 g/mol. The molecule has 0 spiro atoms. The van der Waals surface area contributed by atoms with Crippen LogP contribution in [0.1, 0.15) is 27.2 Å². The van der Waals surface area contributed by atoms with Crippen LogP contribution in [-0.2, 0) is 4.74 Å². The van der Waals surface area contributed by atoms with Crippen molar-refractivity contribution < 1.29 is 14.6 Å². The van der Waals surface area contributed by atoms with Crippen molar-refractivity contribution in [3.63, 3.8) is 0 Å². The van der Waals surface area contributed by atoms with Crippen LogP contribution in [-0.4, -0.2) is 65.9 Å². The highest BCUT2D eigenvalue weighted by molar-refractivity contribution is 5.68. The second-order valence-electron chi connectivity index (χ2n) is 5.57. The molecule has 0 unspecified atom stereocenters. The predicted octanol–water partition coefficient (Wildman–Crippen LogP) is 0.925. The number of hydrogen-bond donors (Lipinski definition) is 1. The van der Waals surface area contributed by atoms with E-state index >= 15 is 0 Å². The number of nitrogens with zero attached hydrogens (tertiary/aromatic N) is 2. The van der Waals surface area contributed by atoms with Crippen molar-refractivity contribution in [3.8, 4) is 11.8 Å². The molecule has 0 aromatic rings. The number of piperazine rings is 1. The average molecular weight is 268 g/mol. The fraction of sp³-hybridized carbons (Fsp3) is 0.786. The quantitative estimate of drug-likeness (QED) is 0.757. The molecule has 0 radical (unpaired) electrons. The molecular weight excluding hydrogens is 244 g/mol. The van der Waals surface area contributed by atoms with Gasteiger partial charge in [0.05, 0.1) is 13.2 Å². The first-order chi connectivity index (χ1) is 8.92. The van der Waals surface area contributed by atoms with Crippen LogP contribution in [0.15, 0.2) is 0 Å². The van der Waals surface area contributed by atoms with Crippen molar-refractivity contribution in [1.29, 1.82) is 0 Å². The largest absolute Gasteiger partial charge is 0.444 e. The van der Waals surface area contributed by atoms with E-state index in [2.05, 4.69) is 16.7 Å². The Bertz CT molecular complexity index is 344. The molecule has 0 atom stereocenters. The number of ether oxygens (including phenoxy) is 1. The number of aliphatic hydroxyl groups is 1. The van der Waals surface area contributed by atoms with Crippen molar-refractivity contribution in [2.24, 2.45) is 0 Å². The van der Waals surface area contributed by atoms with E-state index in [9.17, 15) is 4.79 Å². The van der Waals surface area contributed by atoms with Crippen molar-refractivity contribution in [3.05, 3.63) is 0 Å². The molecule has 0 aromatic carbocycles. The molecule has 1 aliphatic heterocycles. The molecule has 1 N–H and O–H groups in total. The van der Waals surface area contributed by atoms with E-state index < -0.39 is 5.60 Å². The van der Waals surface area contributed by atoms with Gasteiger partial charge in [0.2, 0.25) is 0 Å². The van der Waals surface area contributed by atoms with Crippen LogP contribution in [0.2, 0.25) is 0 Å². The van der Waals surface area contributed by atoms with Gasteiger partial charge in [-0.1, -0.05) is 11.8 Å². The summed E-state index contributed by atoms with van der Waals surface area (Å²) in [6, 6.07) is 0. The summed E-state index contributed by atoms with van der Waals surface area (Å²) in [4.78, 5) is 15.8. The minimum atomic E-state index is -0.440. The number of carbonyl (C=O) groups is 1. The summed E-state index contributed by atoms with van der Waals surface area (Å²) >= 11 is 0. The van der Waals surface area contributed by atoms with Gasteiger partial charge in [0, 0.05) is 32.6 Å². The zero-order valence-electron chi connectivity index (χ0n) is 12.1. The van der Waals surface area contributed by atoms with E-state index in [0.29, 0.717) is 26.1 Å². The van der Waals surface area contributed by atoms with Gasteiger partial charge in [-0.3, -0.25) is 4.90 Å². The topological polar surface area (TPSA) is 53.0 Å². The van der Waals surface area contributed by atoms with Gasteiger partial charge in [-0.05, 0) is 20.8 Å². The molecule has 1 saturated heterocycles. The summed E-state index contributed by atoms with van der Waals surface area (Å²) in [5.41, 5.74) is -0.440. The molecule has 108 valence electrons. The standard InChI is InChI=1S/C14H24N2O3/c1-14(2,3)19-13(18)16-10-8-15(9-11-16)7-5-4-6-12-17/h17H,6-12H2,1-3H3. The number of rotatable bonds is 2. The summed E-state index contributed by atoms with van der Waals surface area (Å²) < 4.78 is 5.34. The molecule has 19 heavy (non-hydrogen) atoms. The zero-order valence-corrected chi connectivity index (χ0v) is 12.1. The van der Waals surface area contributed by atoms with E-state index in [1.54, 1.807) is 4.90 Å². The molecule has 0 saturated carbocycles. The van der Waals surface area contributed by atoms with Crippen LogP contribution < -0.4 is 0 Å². The number of carbonyl (C=O) groups excluding carboxylic acids is 1. The minimum absolute atomic E-state index is 0.111. The highest BCUT2D eigenvalue weighted by Gasteiger charge is 2.25. The minimum Gasteiger partial charge on any atom is -0.444 e. The molecule has 0 aliphatic carbocycles. The fourth-order valence-electron chi connectivity index (χ4n) is 1.73. The van der Waals surface area contributed by atoms with Gasteiger partial charge in [-0.15, -0.1) is 0 Å². The average Bonchev–Trinajstić information content (AvgIpc) is 2.33. The van der Waals surface area contributed by atoms with Gasteiger partial charge < -0.3 is 14.7 Å². The van der Waals surface area contributed by atoms with E-state index in [0.717, 1.165) is 13.1 Å². The van der Waals surface area contributed by atoms with Gasteiger partial charge in [0.1, 0.15) is 5.60 Å². The van der Waals surface area contributed by atoms with Crippen molar-refractivity contribution >= 4 is 6.09 Å². The molecule has 5 nitrogen and oxygen atoms in total. The molecular formula is C14H24N2O3. The molecule has 1 fully saturated rings. The lowest BCUT2D eigenvalue weighted by atomic mass is 10.2. The van der Waals surface area contributed by atoms with Crippen LogP contribution in [0.25, 0.3) is 0 Å². The van der Waals surface area contributed by atoms with Gasteiger partial charge >= 0.3 is 6.09 Å². The molecule has 1 rings (SSSR count). The number of hydrogen-bond acceptors (Lipinski definition) is 4. The number of aliphatic hydroxyl groups excluding tert-OH is 1. The maximum Gasteiger partial charge on any atom is 0.410 e. The van der Waals surface area contributed by atoms with Crippen molar-refractivity contribution in [1.82, 2.24) is 9.80 Å². The van der Waals surface area contributed by atoms with E-state index in [-0.39, 0.29) is 12.7 Å². The maximum absolute atomic E-state index is 11.8. The first kappa shape index (κ1) is 15.8. The van der Waals surface area contributed by atoms with Gasteiger partial charge in [0.15, 0.2) is 0 Å². The second-order valence-corrected chi connectivity index (χ2v) is 5.57. The zero-order chi connectivity index (χ0) is 14.3. The van der Waals surface area contributed by atoms with Crippen LogP contribution in [0.4, 0.5) is 4.79 Å². The summed E-state index contributed by atoms with van der Waals surface area (Å²) in [5, 5.41) is 8.62. The Kier molecular flexibility index (Phi) is 6.13. The Balaban J connectivity index is 2.29. The Morgan fingerprint density at radius 3 is 2.37 bits per heavy atom. The van der Waals surface area contributed by atoms with E-state index in [1.807, 2.05) is 20.8 Å². The summed E-state index contributed by atoms with van der Waals surface area (Å²) in [7, 11) is 0. The third-order valence-corrected chi connectivity index (χ3v) is 2.69. The SMILES string of the molecule is CC(C)(C)OC(=O)N1CCN(CC#CCCO)CC1. The third kappa shape index (κ3) is 6.46. The summed E-state index contributed by atoms with van der Waals surface area (Å²) in [6.07, 6.45) is 0.288. The van der Waals surface area contributed by atoms with Crippen molar-refractivity contribution in [2.45, 2.75) is 32.8 Å². The lowest BCUT2D eigenvalue weighted by Crippen LogP contribution is -2.50. The molecule has 0 bridgehead atoms. The van der Waals surface area contributed by atoms with Crippen LogP contribution in [0, 0.1) is 11.8 Å². The molecule has 1 aliphatic rings. The fourth-order valence-corrected chi connectivity index (χ4v) is 1.73. The smallest absolute Gasteiger partial charge is 0.410 e. The molecule has 5 heteroatoms. The number of amides is 1. The highest BCUT2D eigenvalue weighted by atomic mass is 16.6. The van der Waals surface area contributed by atoms with Gasteiger partial charge in [-0.2, -0.15) is 0 Å². The summed E-state index contributed by atoms with van der Waals surface area (Å²) in [5.74, 6) is 5.92. The van der Waals surface area contributed by atoms with Crippen LogP contribution in [0.3, 0.4) is 0 Å². The van der Waals surface area contributed by atoms with E-state index in [4.69, 9.17) is 9.84 Å². The Hall–Kier alpha value is -1.25. The highest BCUT2D eigenvalue weighted by Crippen LogP contribution is 2.11. The third-order valence-electron chi connectivity index (χ3n) is 2.69. The van der Waals surface area contributed by atoms with Crippen LogP contribution in [0.5, 0.6) is 0 Å². The Morgan fingerprint density at radius 2 is 1.84 bits per heavy atom. The molecule has 1 heterocycles. The molecule has 1 amide bonds. The first-order valence-corrected chi connectivity index (χ1v) is 6.69. The Morgan fingerprint density at radius 1 is 1.21 bits per heavy atom. The van der Waals surface area contributed by atoms with E-state index in [1.165, 1.54) is 0 Å². The lowest BCUT2D eigenvalue weighted by Gasteiger charge is -2.34. The maximum atomic E-state index is 11.8. The predicted molar refractivity (Wildman–Crippen MR) is 73.7 cm³/mol. The normalized spacial score (nSPS) is 16.7. The Labute approximate surface area is 115 Å². The van der Waals surface area contributed by atoms with Crippen LogP contribution >= 0.6 is 0 Å². The first-order valence-electron chi connectivity index (χ1n) is 6.69. The summed E-state index contributed by atoms with van der Waals surface area (Å²) in [6.45, 7) is 9.41. The van der Waals surface area contributed by atoms with Crippen molar-refractivity contribution in [2.75, 3.05) is 39.3 Å².